The summed E-state index contributed by atoms with van der Waals surface area (Å²) in [7, 11) is 0. The van der Waals surface area contributed by atoms with Crippen molar-refractivity contribution in [2.45, 2.75) is 50.6 Å². The molecule has 3 aromatic heterocycles. The maximum Gasteiger partial charge on any atom is 0.417 e. The van der Waals surface area contributed by atoms with Gasteiger partial charge in [0, 0.05) is 36.3 Å². The molecule has 0 radical (unpaired) electrons. The van der Waals surface area contributed by atoms with Crippen LogP contribution >= 0.6 is 0 Å². The number of hydrogen-bond donors (Lipinski definition) is 1. The van der Waals surface area contributed by atoms with Gasteiger partial charge in [-0.15, -0.1) is 0 Å². The molecule has 0 aromatic carbocycles. The highest BCUT2D eigenvalue weighted by molar-refractivity contribution is 5.92. The normalized spacial score (nSPS) is 18.3. The van der Waals surface area contributed by atoms with Gasteiger partial charge < -0.3 is 9.42 Å². The summed E-state index contributed by atoms with van der Waals surface area (Å²) >= 11 is 0. The molecule has 2 fully saturated rings. The Morgan fingerprint density at radius 1 is 1.17 bits per heavy atom. The van der Waals surface area contributed by atoms with E-state index in [1.807, 2.05) is 0 Å². The minimum atomic E-state index is -4.53. The molecule has 0 atom stereocenters. The molecule has 10 heteroatoms. The van der Waals surface area contributed by atoms with Crippen LogP contribution in [-0.4, -0.2) is 44.2 Å². The van der Waals surface area contributed by atoms with Crippen LogP contribution in [0.25, 0.3) is 11.1 Å². The lowest BCUT2D eigenvalue weighted by Crippen LogP contribution is -2.38. The molecule has 30 heavy (non-hydrogen) atoms. The van der Waals surface area contributed by atoms with Crippen molar-refractivity contribution in [1.82, 2.24) is 25.2 Å². The Hall–Kier alpha value is -2.91. The van der Waals surface area contributed by atoms with Gasteiger partial charge in [0.2, 0.25) is 0 Å². The van der Waals surface area contributed by atoms with E-state index in [1.54, 1.807) is 11.0 Å². The number of carbonyl (C=O) groups is 1. The Bertz CT molecular complexity index is 1110. The first kappa shape index (κ1) is 19.1. The van der Waals surface area contributed by atoms with Crippen molar-refractivity contribution in [2.24, 2.45) is 0 Å². The van der Waals surface area contributed by atoms with Gasteiger partial charge in [-0.1, -0.05) is 5.16 Å². The number of halogens is 3. The van der Waals surface area contributed by atoms with E-state index in [9.17, 15) is 18.0 Å². The second-order valence-electron chi connectivity index (χ2n) is 8.11. The third kappa shape index (κ3) is 3.33. The molecule has 158 valence electrons. The van der Waals surface area contributed by atoms with Crippen LogP contribution < -0.4 is 0 Å². The van der Waals surface area contributed by atoms with Crippen molar-refractivity contribution in [3.63, 3.8) is 0 Å². The summed E-state index contributed by atoms with van der Waals surface area (Å²) < 4.78 is 45.9. The molecule has 1 saturated carbocycles. The lowest BCUT2D eigenvalue weighted by molar-refractivity contribution is -0.136. The van der Waals surface area contributed by atoms with Gasteiger partial charge in [0.05, 0.1) is 16.6 Å². The van der Waals surface area contributed by atoms with Gasteiger partial charge in [-0.3, -0.25) is 9.89 Å². The standard InChI is InChI=1S/C20H20F3N5O2/c1-10-8-13(20(21,22)23)16-17(27-30-18(16)24-10)12-4-6-28(7-5-12)19(29)15-9-14(25-26-15)11-2-3-11/h8-9,11-12H,2-7H2,1H3,(H,25,26). The summed E-state index contributed by atoms with van der Waals surface area (Å²) in [5.74, 6) is 0.0855. The van der Waals surface area contributed by atoms with Crippen molar-refractivity contribution in [3.05, 3.63) is 40.5 Å². The van der Waals surface area contributed by atoms with E-state index in [4.69, 9.17) is 4.52 Å². The fraction of sp³-hybridized carbons (Fsp3) is 0.500. The number of carbonyl (C=O) groups excluding carboxylic acids is 1. The van der Waals surface area contributed by atoms with Crippen molar-refractivity contribution in [1.29, 1.82) is 0 Å². The largest absolute Gasteiger partial charge is 0.417 e. The van der Waals surface area contributed by atoms with Crippen LogP contribution in [0.4, 0.5) is 13.2 Å². The molecular weight excluding hydrogens is 399 g/mol. The van der Waals surface area contributed by atoms with E-state index in [0.717, 1.165) is 24.6 Å². The van der Waals surface area contributed by atoms with Gasteiger partial charge >= 0.3 is 6.18 Å². The smallest absolute Gasteiger partial charge is 0.337 e. The molecule has 1 aliphatic carbocycles. The summed E-state index contributed by atoms with van der Waals surface area (Å²) in [5.41, 5.74) is 1.00. The minimum Gasteiger partial charge on any atom is -0.337 e. The molecule has 0 unspecified atom stereocenters. The second-order valence-corrected chi connectivity index (χ2v) is 8.11. The number of rotatable bonds is 3. The second kappa shape index (κ2) is 6.82. The van der Waals surface area contributed by atoms with Crippen LogP contribution in [0.5, 0.6) is 0 Å². The summed E-state index contributed by atoms with van der Waals surface area (Å²) in [6, 6.07) is 2.83. The average Bonchev–Trinajstić information content (AvgIpc) is 3.29. The molecular formula is C20H20F3N5O2. The van der Waals surface area contributed by atoms with E-state index in [0.29, 0.717) is 37.5 Å². The highest BCUT2D eigenvalue weighted by Crippen LogP contribution is 2.41. The van der Waals surface area contributed by atoms with Crippen LogP contribution in [0, 0.1) is 6.92 Å². The summed E-state index contributed by atoms with van der Waals surface area (Å²) in [5, 5.41) is 10.9. The zero-order valence-electron chi connectivity index (χ0n) is 16.3. The maximum absolute atomic E-state index is 13.6. The quantitative estimate of drug-likeness (QED) is 0.688. The predicted octanol–water partition coefficient (Wildman–Crippen LogP) is 4.17. The number of piperidine rings is 1. The van der Waals surface area contributed by atoms with Crippen molar-refractivity contribution in [2.75, 3.05) is 13.1 Å². The number of amides is 1. The molecule has 1 N–H and O–H groups in total. The number of nitrogens with zero attached hydrogens (tertiary/aromatic N) is 4. The van der Waals surface area contributed by atoms with E-state index in [1.165, 1.54) is 6.92 Å². The molecule has 5 rings (SSSR count). The average molecular weight is 419 g/mol. The lowest BCUT2D eigenvalue weighted by atomic mass is 9.90. The number of pyridine rings is 1. The van der Waals surface area contributed by atoms with Crippen molar-refractivity contribution >= 4 is 17.0 Å². The zero-order chi connectivity index (χ0) is 21.0. The van der Waals surface area contributed by atoms with E-state index < -0.39 is 11.7 Å². The van der Waals surface area contributed by atoms with Crippen LogP contribution in [0.1, 0.15) is 70.7 Å². The first-order valence-electron chi connectivity index (χ1n) is 10.00. The van der Waals surface area contributed by atoms with Gasteiger partial charge in [-0.25, -0.2) is 4.98 Å². The van der Waals surface area contributed by atoms with E-state index >= 15 is 0 Å². The topological polar surface area (TPSA) is 87.9 Å². The first-order valence-corrected chi connectivity index (χ1v) is 10.00. The molecule has 1 amide bonds. The van der Waals surface area contributed by atoms with E-state index in [2.05, 4.69) is 20.3 Å². The van der Waals surface area contributed by atoms with Crippen LogP contribution in [0.15, 0.2) is 16.7 Å². The number of fused-ring (bicyclic) bond motifs is 1. The summed E-state index contributed by atoms with van der Waals surface area (Å²) in [6.07, 6.45) is -1.30. The Morgan fingerprint density at radius 3 is 2.57 bits per heavy atom. The third-order valence-electron chi connectivity index (χ3n) is 5.91. The van der Waals surface area contributed by atoms with Gasteiger partial charge in [-0.2, -0.15) is 18.3 Å². The fourth-order valence-corrected chi connectivity index (χ4v) is 4.17. The Morgan fingerprint density at radius 2 is 1.90 bits per heavy atom. The van der Waals surface area contributed by atoms with Gasteiger partial charge in [0.1, 0.15) is 5.69 Å². The molecule has 4 heterocycles. The molecule has 1 aliphatic heterocycles. The van der Waals surface area contributed by atoms with Crippen molar-refractivity contribution < 1.29 is 22.5 Å². The van der Waals surface area contributed by atoms with Crippen LogP contribution in [-0.2, 0) is 6.18 Å². The zero-order valence-corrected chi connectivity index (χ0v) is 16.3. The Balaban J connectivity index is 1.35. The first-order chi connectivity index (χ1) is 14.3. The highest BCUT2D eigenvalue weighted by atomic mass is 19.4. The summed E-state index contributed by atoms with van der Waals surface area (Å²) in [4.78, 5) is 18.5. The number of aryl methyl sites for hydroxylation is 1. The SMILES string of the molecule is Cc1cc(C(F)(F)F)c2c(C3CCN(C(=O)c4cc(C5CC5)[nH]n4)CC3)noc2n1. The van der Waals surface area contributed by atoms with Gasteiger partial charge in [-0.05, 0) is 44.7 Å². The third-order valence-corrected chi connectivity index (χ3v) is 5.91. The number of likely N-dealkylation sites (tertiary alicyclic amines) is 1. The molecule has 2 aliphatic rings. The van der Waals surface area contributed by atoms with Crippen molar-refractivity contribution in [3.8, 4) is 0 Å². The summed E-state index contributed by atoms with van der Waals surface area (Å²) in [6.45, 7) is 2.33. The number of aromatic amines is 1. The molecule has 3 aromatic rings. The molecule has 0 spiro atoms. The predicted molar refractivity (Wildman–Crippen MR) is 100.0 cm³/mol. The van der Waals surface area contributed by atoms with Gasteiger partial charge in [0.25, 0.3) is 11.6 Å². The molecule has 1 saturated heterocycles. The monoisotopic (exact) mass is 419 g/mol. The lowest BCUT2D eigenvalue weighted by Gasteiger charge is -2.30. The number of H-pyrrole nitrogens is 1. The van der Waals surface area contributed by atoms with Gasteiger partial charge in [0.15, 0.2) is 0 Å². The number of nitrogens with one attached hydrogen (secondary N) is 1. The highest BCUT2D eigenvalue weighted by Gasteiger charge is 2.38. The Labute approximate surface area is 169 Å². The Kier molecular flexibility index (Phi) is 4.33. The molecule has 0 bridgehead atoms. The van der Waals surface area contributed by atoms with Crippen LogP contribution in [0.2, 0.25) is 0 Å². The van der Waals surface area contributed by atoms with E-state index in [-0.39, 0.29) is 34.3 Å². The fourth-order valence-electron chi connectivity index (χ4n) is 4.17. The number of hydrogen-bond acceptors (Lipinski definition) is 5. The molecule has 7 nitrogen and oxygen atoms in total. The van der Waals surface area contributed by atoms with Crippen LogP contribution in [0.3, 0.4) is 0 Å². The minimum absolute atomic E-state index is 0.0701. The number of alkyl halides is 3. The number of aromatic nitrogens is 4. The maximum atomic E-state index is 13.6.